The second-order valence-electron chi connectivity index (χ2n) is 10.3. The van der Waals surface area contributed by atoms with E-state index in [2.05, 4.69) is 32.6 Å². The Hall–Kier alpha value is -3.32. The Balaban J connectivity index is 1.98. The summed E-state index contributed by atoms with van der Waals surface area (Å²) in [5.74, 6) is 0.447. The van der Waals surface area contributed by atoms with E-state index < -0.39 is 17.7 Å². The molecule has 1 amide bonds. The van der Waals surface area contributed by atoms with Gasteiger partial charge in [0, 0.05) is 12.1 Å². The number of likely N-dealkylation sites (tertiary alicyclic amines) is 1. The molecule has 39 heavy (non-hydrogen) atoms. The first kappa shape index (κ1) is 30.2. The van der Waals surface area contributed by atoms with E-state index in [9.17, 15) is 14.7 Å². The minimum Gasteiger partial charge on any atom is -0.507 e. The highest BCUT2D eigenvalue weighted by Crippen LogP contribution is 2.40. The van der Waals surface area contributed by atoms with Crippen LogP contribution in [-0.4, -0.2) is 66.0 Å². The summed E-state index contributed by atoms with van der Waals surface area (Å²) in [5.41, 5.74) is 1.31. The summed E-state index contributed by atoms with van der Waals surface area (Å²) in [4.78, 5) is 30.6. The van der Waals surface area contributed by atoms with Crippen molar-refractivity contribution in [2.75, 3.05) is 39.4 Å². The van der Waals surface area contributed by atoms with Crippen LogP contribution in [-0.2, 0) is 9.59 Å². The van der Waals surface area contributed by atoms with Gasteiger partial charge in [-0.25, -0.2) is 0 Å². The molecule has 0 radical (unpaired) electrons. The predicted molar refractivity (Wildman–Crippen MR) is 155 cm³/mol. The number of amides is 1. The highest BCUT2D eigenvalue weighted by molar-refractivity contribution is 6.46. The van der Waals surface area contributed by atoms with Crippen molar-refractivity contribution < 1.29 is 24.2 Å². The summed E-state index contributed by atoms with van der Waals surface area (Å²) >= 11 is 0. The largest absolute Gasteiger partial charge is 0.507 e. The second kappa shape index (κ2) is 14.7. The topological polar surface area (TPSA) is 79.3 Å². The third-order valence-corrected chi connectivity index (χ3v) is 7.05. The highest BCUT2D eigenvalue weighted by atomic mass is 16.5. The number of nitrogens with zero attached hydrogens (tertiary/aromatic N) is 2. The Kier molecular flexibility index (Phi) is 11.4. The van der Waals surface area contributed by atoms with Gasteiger partial charge >= 0.3 is 0 Å². The van der Waals surface area contributed by atoms with Crippen molar-refractivity contribution >= 4 is 17.4 Å². The average molecular weight is 537 g/mol. The van der Waals surface area contributed by atoms with Crippen LogP contribution in [0.2, 0.25) is 0 Å². The van der Waals surface area contributed by atoms with Crippen LogP contribution < -0.4 is 9.47 Å². The van der Waals surface area contributed by atoms with Gasteiger partial charge in [-0.15, -0.1) is 0 Å². The molecule has 0 aliphatic carbocycles. The summed E-state index contributed by atoms with van der Waals surface area (Å²) in [5, 5.41) is 11.4. The standard InChI is InChI=1S/C32H44N2O5/c1-6-20-38-26-15-13-24(14-16-26)30(35)28-29(25-11-9-12-27(22-25)39-21-17-23(4)5)34(32(37)31(28)36)19-10-18-33(7-2)8-3/h9,11-16,22-23,29,35H,6-8,10,17-21H2,1-5H3/b30-28+. The zero-order valence-electron chi connectivity index (χ0n) is 24.1. The molecule has 1 aliphatic rings. The second-order valence-corrected chi connectivity index (χ2v) is 10.3. The molecule has 2 aromatic carbocycles. The molecule has 1 N–H and O–H groups in total. The number of rotatable bonds is 15. The fourth-order valence-electron chi connectivity index (χ4n) is 4.73. The van der Waals surface area contributed by atoms with Gasteiger partial charge in [-0.3, -0.25) is 9.59 Å². The van der Waals surface area contributed by atoms with Crippen molar-refractivity contribution in [1.82, 2.24) is 9.80 Å². The number of carbonyl (C=O) groups excluding carboxylic acids is 2. The van der Waals surface area contributed by atoms with Gasteiger partial charge in [-0.05, 0) is 86.8 Å². The van der Waals surface area contributed by atoms with Gasteiger partial charge in [0.2, 0.25) is 0 Å². The van der Waals surface area contributed by atoms with Crippen LogP contribution >= 0.6 is 0 Å². The van der Waals surface area contributed by atoms with Gasteiger partial charge in [0.25, 0.3) is 11.7 Å². The van der Waals surface area contributed by atoms with E-state index in [-0.39, 0.29) is 11.3 Å². The Morgan fingerprint density at radius 3 is 2.31 bits per heavy atom. The number of benzene rings is 2. The molecule has 1 aliphatic heterocycles. The van der Waals surface area contributed by atoms with E-state index in [0.717, 1.165) is 44.5 Å². The van der Waals surface area contributed by atoms with Crippen LogP contribution in [0.3, 0.4) is 0 Å². The Morgan fingerprint density at radius 1 is 0.974 bits per heavy atom. The number of hydrogen-bond acceptors (Lipinski definition) is 6. The van der Waals surface area contributed by atoms with E-state index in [0.29, 0.717) is 42.7 Å². The third kappa shape index (κ3) is 7.85. The number of ketones is 1. The summed E-state index contributed by atoms with van der Waals surface area (Å²) in [6.45, 7) is 14.8. The average Bonchev–Trinajstić information content (AvgIpc) is 3.19. The molecule has 1 saturated heterocycles. The van der Waals surface area contributed by atoms with Crippen LogP contribution in [0.1, 0.15) is 71.0 Å². The molecule has 7 nitrogen and oxygen atoms in total. The van der Waals surface area contributed by atoms with E-state index >= 15 is 0 Å². The molecule has 3 rings (SSSR count). The zero-order valence-corrected chi connectivity index (χ0v) is 24.1. The maximum Gasteiger partial charge on any atom is 0.295 e. The van der Waals surface area contributed by atoms with Gasteiger partial charge in [0.15, 0.2) is 0 Å². The predicted octanol–water partition coefficient (Wildman–Crippen LogP) is 6.05. The van der Waals surface area contributed by atoms with Crippen molar-refractivity contribution in [1.29, 1.82) is 0 Å². The van der Waals surface area contributed by atoms with Gasteiger partial charge in [0.1, 0.15) is 17.3 Å². The van der Waals surface area contributed by atoms with Crippen LogP contribution in [0.25, 0.3) is 5.76 Å². The van der Waals surface area contributed by atoms with Gasteiger partial charge < -0.3 is 24.4 Å². The minimum atomic E-state index is -0.702. The lowest BCUT2D eigenvalue weighted by molar-refractivity contribution is -0.140. The van der Waals surface area contributed by atoms with Crippen LogP contribution in [0.15, 0.2) is 54.1 Å². The maximum atomic E-state index is 13.4. The lowest BCUT2D eigenvalue weighted by atomic mass is 9.95. The fraction of sp³-hybridized carbons (Fsp3) is 0.500. The lowest BCUT2D eigenvalue weighted by Crippen LogP contribution is -2.33. The summed E-state index contributed by atoms with van der Waals surface area (Å²) < 4.78 is 11.6. The minimum absolute atomic E-state index is 0.101. The van der Waals surface area contributed by atoms with Crippen molar-refractivity contribution in [3.05, 3.63) is 65.2 Å². The van der Waals surface area contributed by atoms with Crippen LogP contribution in [0.4, 0.5) is 0 Å². The van der Waals surface area contributed by atoms with Crippen molar-refractivity contribution in [3.63, 3.8) is 0 Å². The number of ether oxygens (including phenoxy) is 2. The van der Waals surface area contributed by atoms with Crippen LogP contribution in [0, 0.1) is 5.92 Å². The van der Waals surface area contributed by atoms with E-state index in [1.807, 2.05) is 31.2 Å². The van der Waals surface area contributed by atoms with Gasteiger partial charge in [-0.2, -0.15) is 0 Å². The molecule has 1 fully saturated rings. The van der Waals surface area contributed by atoms with Crippen LogP contribution in [0.5, 0.6) is 11.5 Å². The molecule has 0 bridgehead atoms. The molecule has 2 aromatic rings. The number of carbonyl (C=O) groups is 2. The molecule has 0 aromatic heterocycles. The maximum absolute atomic E-state index is 13.4. The normalized spacial score (nSPS) is 16.9. The number of Topliss-reactive ketones (excluding diaryl/α,β-unsaturated/α-hetero) is 1. The first-order valence-corrected chi connectivity index (χ1v) is 14.3. The molecule has 1 heterocycles. The van der Waals surface area contributed by atoms with Gasteiger partial charge in [0.05, 0.1) is 24.8 Å². The molecular weight excluding hydrogens is 492 g/mol. The highest BCUT2D eigenvalue weighted by Gasteiger charge is 2.46. The molecule has 1 atom stereocenters. The summed E-state index contributed by atoms with van der Waals surface area (Å²) in [6, 6.07) is 13.8. The number of aliphatic hydroxyl groups excluding tert-OH is 1. The summed E-state index contributed by atoms with van der Waals surface area (Å²) in [6.07, 6.45) is 2.53. The van der Waals surface area contributed by atoms with Crippen molar-refractivity contribution in [2.24, 2.45) is 5.92 Å². The molecule has 7 heteroatoms. The van der Waals surface area contributed by atoms with E-state index in [4.69, 9.17) is 9.47 Å². The lowest BCUT2D eigenvalue weighted by Gasteiger charge is -2.27. The third-order valence-electron chi connectivity index (χ3n) is 7.05. The Labute approximate surface area is 233 Å². The Bertz CT molecular complexity index is 1120. The van der Waals surface area contributed by atoms with E-state index in [1.54, 1.807) is 29.2 Å². The molecule has 1 unspecified atom stereocenters. The van der Waals surface area contributed by atoms with Gasteiger partial charge in [-0.1, -0.05) is 46.8 Å². The first-order valence-electron chi connectivity index (χ1n) is 14.3. The zero-order chi connectivity index (χ0) is 28.4. The SMILES string of the molecule is CCCOc1ccc(/C(O)=C2\C(=O)C(=O)N(CCCN(CC)CC)C2c2cccc(OCCC(C)C)c2)cc1. The molecule has 0 spiro atoms. The molecular formula is C32H44N2O5. The van der Waals surface area contributed by atoms with Crippen molar-refractivity contribution in [2.45, 2.75) is 59.9 Å². The summed E-state index contributed by atoms with van der Waals surface area (Å²) in [7, 11) is 0. The van der Waals surface area contributed by atoms with Crippen molar-refractivity contribution in [3.8, 4) is 11.5 Å². The monoisotopic (exact) mass is 536 g/mol. The van der Waals surface area contributed by atoms with E-state index in [1.165, 1.54) is 0 Å². The number of aliphatic hydroxyl groups is 1. The molecule has 0 saturated carbocycles. The number of hydrogen-bond donors (Lipinski definition) is 1. The quantitative estimate of drug-likeness (QED) is 0.170. The fourth-order valence-corrected chi connectivity index (χ4v) is 4.73. The smallest absolute Gasteiger partial charge is 0.295 e. The first-order chi connectivity index (χ1) is 18.8. The molecule has 212 valence electrons. The Morgan fingerprint density at radius 2 is 1.67 bits per heavy atom.